The number of likely N-dealkylation sites (N-methyl/N-ethyl adjacent to an activating group) is 1. The number of morpholine rings is 1. The Kier molecular flexibility index (Phi) is 7.14. The highest BCUT2D eigenvalue weighted by Crippen LogP contribution is 2.12. The minimum absolute atomic E-state index is 0. The lowest BCUT2D eigenvalue weighted by Crippen LogP contribution is -2.40. The van der Waals surface area contributed by atoms with Crippen LogP contribution in [0.4, 0.5) is 5.69 Å². The maximum atomic E-state index is 12.2. The van der Waals surface area contributed by atoms with Gasteiger partial charge in [-0.15, -0.1) is 12.4 Å². The summed E-state index contributed by atoms with van der Waals surface area (Å²) in [5.74, 6) is -0.110. The Morgan fingerprint density at radius 3 is 2.38 bits per heavy atom. The molecule has 0 atom stereocenters. The van der Waals surface area contributed by atoms with E-state index in [4.69, 9.17) is 4.74 Å². The minimum atomic E-state index is -0.111. The van der Waals surface area contributed by atoms with Crippen LogP contribution in [0.2, 0.25) is 0 Å². The number of benzene rings is 1. The summed E-state index contributed by atoms with van der Waals surface area (Å²) in [4.78, 5) is 25.4. The van der Waals surface area contributed by atoms with E-state index in [2.05, 4.69) is 10.6 Å². The molecule has 0 radical (unpaired) electrons. The van der Waals surface area contributed by atoms with Crippen molar-refractivity contribution in [1.82, 2.24) is 10.2 Å². The Bertz CT molecular complexity index is 473. The smallest absolute Gasteiger partial charge is 0.254 e. The van der Waals surface area contributed by atoms with Gasteiger partial charge in [-0.25, -0.2) is 0 Å². The van der Waals surface area contributed by atoms with Gasteiger partial charge in [-0.3, -0.25) is 9.59 Å². The number of halogens is 1. The molecule has 1 aliphatic heterocycles. The number of anilines is 1. The molecule has 1 fully saturated rings. The number of hydrogen-bond donors (Lipinski definition) is 2. The number of rotatable bonds is 4. The van der Waals surface area contributed by atoms with E-state index in [-0.39, 0.29) is 30.8 Å². The lowest BCUT2D eigenvalue weighted by molar-refractivity contribution is -0.115. The third-order valence-electron chi connectivity index (χ3n) is 3.05. The average Bonchev–Trinajstić information content (AvgIpc) is 2.48. The van der Waals surface area contributed by atoms with Gasteiger partial charge >= 0.3 is 0 Å². The average molecular weight is 314 g/mol. The first kappa shape index (κ1) is 17.4. The van der Waals surface area contributed by atoms with E-state index in [0.29, 0.717) is 37.6 Å². The van der Waals surface area contributed by atoms with Crippen molar-refractivity contribution in [1.29, 1.82) is 0 Å². The molecular formula is C14H20ClN3O3. The number of nitrogens with zero attached hydrogens (tertiary/aromatic N) is 1. The fourth-order valence-electron chi connectivity index (χ4n) is 2.01. The zero-order chi connectivity index (χ0) is 14.4. The molecule has 1 saturated heterocycles. The van der Waals surface area contributed by atoms with Crippen molar-refractivity contribution >= 4 is 29.9 Å². The van der Waals surface area contributed by atoms with Gasteiger partial charge in [0, 0.05) is 24.3 Å². The van der Waals surface area contributed by atoms with Gasteiger partial charge in [-0.05, 0) is 31.3 Å². The normalized spacial score (nSPS) is 14.2. The second-order valence-corrected chi connectivity index (χ2v) is 4.56. The van der Waals surface area contributed by atoms with Crippen LogP contribution in [0.3, 0.4) is 0 Å². The van der Waals surface area contributed by atoms with Crippen LogP contribution in [0.1, 0.15) is 10.4 Å². The summed E-state index contributed by atoms with van der Waals surface area (Å²) in [5, 5.41) is 5.52. The van der Waals surface area contributed by atoms with Crippen LogP contribution < -0.4 is 10.6 Å². The van der Waals surface area contributed by atoms with Gasteiger partial charge in [0.2, 0.25) is 5.91 Å². The first-order chi connectivity index (χ1) is 9.70. The lowest BCUT2D eigenvalue weighted by Gasteiger charge is -2.26. The second-order valence-electron chi connectivity index (χ2n) is 4.56. The number of nitrogens with one attached hydrogen (secondary N) is 2. The van der Waals surface area contributed by atoms with E-state index in [1.165, 1.54) is 0 Å². The molecule has 0 aliphatic carbocycles. The van der Waals surface area contributed by atoms with Crippen LogP contribution in [0, 0.1) is 0 Å². The van der Waals surface area contributed by atoms with Crippen molar-refractivity contribution in [3.05, 3.63) is 29.8 Å². The van der Waals surface area contributed by atoms with Crippen LogP contribution in [0.15, 0.2) is 24.3 Å². The molecule has 1 heterocycles. The molecule has 0 bridgehead atoms. The molecular weight excluding hydrogens is 294 g/mol. The summed E-state index contributed by atoms with van der Waals surface area (Å²) in [6, 6.07) is 6.93. The van der Waals surface area contributed by atoms with E-state index in [1.54, 1.807) is 36.2 Å². The second kappa shape index (κ2) is 8.61. The number of ether oxygens (including phenoxy) is 1. The fourth-order valence-corrected chi connectivity index (χ4v) is 2.01. The molecule has 2 amide bonds. The Labute approximate surface area is 130 Å². The molecule has 7 heteroatoms. The first-order valence-electron chi connectivity index (χ1n) is 6.62. The van der Waals surface area contributed by atoms with E-state index in [0.717, 1.165) is 0 Å². The molecule has 2 N–H and O–H groups in total. The Hall–Kier alpha value is -1.63. The standard InChI is InChI=1S/C14H19N3O3.ClH/c1-15-10-13(18)16-12-4-2-11(3-5-12)14(19)17-6-8-20-9-7-17;/h2-5,15H,6-10H2,1H3,(H,16,18);1H. The van der Waals surface area contributed by atoms with Crippen molar-refractivity contribution in [3.63, 3.8) is 0 Å². The number of carbonyl (C=O) groups excluding carboxylic acids is 2. The van der Waals surface area contributed by atoms with Crippen LogP contribution in [-0.2, 0) is 9.53 Å². The predicted molar refractivity (Wildman–Crippen MR) is 83.0 cm³/mol. The lowest BCUT2D eigenvalue weighted by atomic mass is 10.1. The first-order valence-corrected chi connectivity index (χ1v) is 6.62. The van der Waals surface area contributed by atoms with Crippen LogP contribution >= 0.6 is 12.4 Å². The fraction of sp³-hybridized carbons (Fsp3) is 0.429. The van der Waals surface area contributed by atoms with E-state index in [1.807, 2.05) is 0 Å². The van der Waals surface area contributed by atoms with Crippen molar-refractivity contribution < 1.29 is 14.3 Å². The van der Waals surface area contributed by atoms with E-state index in [9.17, 15) is 9.59 Å². The van der Waals surface area contributed by atoms with Crippen molar-refractivity contribution in [2.24, 2.45) is 0 Å². The Morgan fingerprint density at radius 2 is 1.81 bits per heavy atom. The number of amides is 2. The molecule has 2 rings (SSSR count). The number of carbonyl (C=O) groups is 2. The summed E-state index contributed by atoms with van der Waals surface area (Å²) in [6.45, 7) is 2.68. The highest BCUT2D eigenvalue weighted by atomic mass is 35.5. The molecule has 6 nitrogen and oxygen atoms in total. The SMILES string of the molecule is CNCC(=O)Nc1ccc(C(=O)N2CCOCC2)cc1.Cl. The van der Waals surface area contributed by atoms with Crippen molar-refractivity contribution in [2.45, 2.75) is 0 Å². The highest BCUT2D eigenvalue weighted by Gasteiger charge is 2.18. The van der Waals surface area contributed by atoms with Gasteiger partial charge in [0.15, 0.2) is 0 Å². The predicted octanol–water partition coefficient (Wildman–Crippen LogP) is 0.739. The molecule has 0 aromatic heterocycles. The Balaban J connectivity index is 0.00000220. The number of hydrogen-bond acceptors (Lipinski definition) is 4. The molecule has 0 spiro atoms. The molecule has 21 heavy (non-hydrogen) atoms. The molecule has 116 valence electrons. The van der Waals surface area contributed by atoms with E-state index >= 15 is 0 Å². The maximum Gasteiger partial charge on any atom is 0.254 e. The van der Waals surface area contributed by atoms with E-state index < -0.39 is 0 Å². The summed E-state index contributed by atoms with van der Waals surface area (Å²) < 4.78 is 5.22. The zero-order valence-electron chi connectivity index (χ0n) is 11.9. The van der Waals surface area contributed by atoms with Gasteiger partial charge in [0.05, 0.1) is 19.8 Å². The van der Waals surface area contributed by atoms with Crippen molar-refractivity contribution in [2.75, 3.05) is 45.2 Å². The minimum Gasteiger partial charge on any atom is -0.378 e. The summed E-state index contributed by atoms with van der Waals surface area (Å²) in [5.41, 5.74) is 1.31. The van der Waals surface area contributed by atoms with Crippen LogP contribution in [-0.4, -0.2) is 56.6 Å². The topological polar surface area (TPSA) is 70.7 Å². The van der Waals surface area contributed by atoms with Gasteiger partial charge < -0.3 is 20.3 Å². The third kappa shape index (κ3) is 5.00. The Morgan fingerprint density at radius 1 is 1.19 bits per heavy atom. The molecule has 0 saturated carbocycles. The zero-order valence-corrected chi connectivity index (χ0v) is 12.7. The summed E-state index contributed by atoms with van der Waals surface area (Å²) in [7, 11) is 1.71. The van der Waals surface area contributed by atoms with Crippen LogP contribution in [0.5, 0.6) is 0 Å². The molecule has 1 aliphatic rings. The molecule has 0 unspecified atom stereocenters. The highest BCUT2D eigenvalue weighted by molar-refractivity contribution is 5.96. The van der Waals surface area contributed by atoms with Gasteiger partial charge in [0.25, 0.3) is 5.91 Å². The van der Waals surface area contributed by atoms with Gasteiger partial charge in [0.1, 0.15) is 0 Å². The van der Waals surface area contributed by atoms with Gasteiger partial charge in [-0.1, -0.05) is 0 Å². The van der Waals surface area contributed by atoms with Gasteiger partial charge in [-0.2, -0.15) is 0 Å². The van der Waals surface area contributed by atoms with Crippen molar-refractivity contribution in [3.8, 4) is 0 Å². The van der Waals surface area contributed by atoms with Crippen LogP contribution in [0.25, 0.3) is 0 Å². The molecule has 1 aromatic rings. The summed E-state index contributed by atoms with van der Waals surface area (Å²) >= 11 is 0. The summed E-state index contributed by atoms with van der Waals surface area (Å²) in [6.07, 6.45) is 0. The maximum absolute atomic E-state index is 12.2. The largest absolute Gasteiger partial charge is 0.378 e. The quantitative estimate of drug-likeness (QED) is 0.860. The molecule has 1 aromatic carbocycles. The monoisotopic (exact) mass is 313 g/mol. The third-order valence-corrected chi connectivity index (χ3v) is 3.05.